The van der Waals surface area contributed by atoms with Gasteiger partial charge < -0.3 is 10.1 Å². The second-order valence-corrected chi connectivity index (χ2v) is 5.08. The fourth-order valence-corrected chi connectivity index (χ4v) is 2.31. The van der Waals surface area contributed by atoms with Crippen LogP contribution in [0.5, 0.6) is 0 Å². The van der Waals surface area contributed by atoms with Gasteiger partial charge in [0.15, 0.2) is 0 Å². The molecule has 1 aliphatic rings. The van der Waals surface area contributed by atoms with Crippen LogP contribution in [0.2, 0.25) is 0 Å². The minimum atomic E-state index is -1.27. The quantitative estimate of drug-likeness (QED) is 0.500. The summed E-state index contributed by atoms with van der Waals surface area (Å²) in [6.07, 6.45) is 0. The van der Waals surface area contributed by atoms with Gasteiger partial charge in [-0.15, -0.1) is 0 Å². The number of carbonyl (C=O) groups excluding carboxylic acids is 2. The fraction of sp³-hybridized carbons (Fsp3) is 0.385. The van der Waals surface area contributed by atoms with E-state index in [1.165, 1.54) is 20.1 Å². The summed E-state index contributed by atoms with van der Waals surface area (Å²) >= 11 is 0. The predicted molar refractivity (Wildman–Crippen MR) is 72.4 cm³/mol. The maximum Gasteiger partial charge on any atom is 0.325 e. The maximum absolute atomic E-state index is 13.9. The molecular weight excluding hydrogens is 297 g/mol. The Morgan fingerprint density at radius 1 is 1.45 bits per heavy atom. The average Bonchev–Trinajstić information content (AvgIpc) is 2.64. The number of methoxy groups -OCH3 is 1. The van der Waals surface area contributed by atoms with E-state index in [4.69, 9.17) is 4.74 Å². The van der Waals surface area contributed by atoms with Gasteiger partial charge >= 0.3 is 6.03 Å². The van der Waals surface area contributed by atoms with E-state index in [0.29, 0.717) is 0 Å². The highest BCUT2D eigenvalue weighted by Crippen LogP contribution is 2.26. The van der Waals surface area contributed by atoms with Crippen molar-refractivity contribution < 1.29 is 23.6 Å². The molecule has 1 aliphatic heterocycles. The Labute approximate surface area is 125 Å². The van der Waals surface area contributed by atoms with Gasteiger partial charge in [-0.2, -0.15) is 0 Å². The molecule has 1 saturated heterocycles. The highest BCUT2D eigenvalue weighted by molar-refractivity contribution is 6.06. The fourth-order valence-electron chi connectivity index (χ4n) is 2.31. The second-order valence-electron chi connectivity index (χ2n) is 5.08. The van der Waals surface area contributed by atoms with Crippen molar-refractivity contribution in [3.05, 3.63) is 39.7 Å². The van der Waals surface area contributed by atoms with Crippen molar-refractivity contribution in [2.24, 2.45) is 0 Å². The summed E-state index contributed by atoms with van der Waals surface area (Å²) in [5.74, 6) is -1.48. The number of nitro groups is 1. The molecule has 118 valence electrons. The maximum atomic E-state index is 13.9. The van der Waals surface area contributed by atoms with E-state index < -0.39 is 40.4 Å². The van der Waals surface area contributed by atoms with Gasteiger partial charge in [-0.3, -0.25) is 19.8 Å². The zero-order chi connectivity index (χ0) is 16.5. The van der Waals surface area contributed by atoms with Gasteiger partial charge in [0.25, 0.3) is 11.6 Å². The van der Waals surface area contributed by atoms with E-state index in [-0.39, 0.29) is 12.2 Å². The highest BCUT2D eigenvalue weighted by atomic mass is 19.1. The molecular formula is C13H14FN3O5. The van der Waals surface area contributed by atoms with Crippen molar-refractivity contribution in [2.75, 3.05) is 13.7 Å². The van der Waals surface area contributed by atoms with Crippen LogP contribution in [0.4, 0.5) is 14.9 Å². The van der Waals surface area contributed by atoms with Gasteiger partial charge in [-0.05, 0) is 13.0 Å². The molecule has 8 nitrogen and oxygen atoms in total. The number of amides is 3. The summed E-state index contributed by atoms with van der Waals surface area (Å²) in [6, 6.07) is 2.60. The van der Waals surface area contributed by atoms with Gasteiger partial charge in [0, 0.05) is 13.2 Å². The standard InChI is InChI=1S/C13H14FN3O5/c1-13(7-22-2)11(18)16(12(19)15-13)6-8-9(14)4-3-5-10(8)17(20)21/h3-5H,6-7H2,1-2H3,(H,15,19). The van der Waals surface area contributed by atoms with E-state index in [2.05, 4.69) is 5.32 Å². The summed E-state index contributed by atoms with van der Waals surface area (Å²) in [5, 5.41) is 13.4. The molecule has 0 bridgehead atoms. The number of imide groups is 1. The van der Waals surface area contributed by atoms with Crippen LogP contribution in [0.3, 0.4) is 0 Å². The lowest BCUT2D eigenvalue weighted by Crippen LogP contribution is -2.47. The third-order valence-electron chi connectivity index (χ3n) is 3.39. The average molecular weight is 311 g/mol. The van der Waals surface area contributed by atoms with Crippen molar-refractivity contribution >= 4 is 17.6 Å². The predicted octanol–water partition coefficient (Wildman–Crippen LogP) is 1.19. The lowest BCUT2D eigenvalue weighted by molar-refractivity contribution is -0.385. The van der Waals surface area contributed by atoms with Crippen molar-refractivity contribution in [1.29, 1.82) is 0 Å². The Hall–Kier alpha value is -2.55. The first-order chi connectivity index (χ1) is 10.3. The first-order valence-electron chi connectivity index (χ1n) is 6.35. The van der Waals surface area contributed by atoms with Crippen LogP contribution in [0.1, 0.15) is 12.5 Å². The number of hydrogen-bond donors (Lipinski definition) is 1. The van der Waals surface area contributed by atoms with Crippen LogP contribution in [0.25, 0.3) is 0 Å². The molecule has 0 radical (unpaired) electrons. The molecule has 9 heteroatoms. The molecule has 1 aromatic rings. The number of halogens is 1. The molecule has 0 aromatic heterocycles. The number of hydrogen-bond acceptors (Lipinski definition) is 5. The van der Waals surface area contributed by atoms with Gasteiger partial charge in [0.05, 0.1) is 23.6 Å². The summed E-state index contributed by atoms with van der Waals surface area (Å²) in [4.78, 5) is 35.2. The van der Waals surface area contributed by atoms with Crippen LogP contribution in [0.15, 0.2) is 18.2 Å². The van der Waals surface area contributed by atoms with Gasteiger partial charge in [0.2, 0.25) is 0 Å². The summed E-state index contributed by atoms with van der Waals surface area (Å²) in [7, 11) is 1.37. The molecule has 1 fully saturated rings. The molecule has 1 heterocycles. The lowest BCUT2D eigenvalue weighted by atomic mass is 10.0. The van der Waals surface area contributed by atoms with E-state index >= 15 is 0 Å². The topological polar surface area (TPSA) is 102 Å². The number of nitrogens with zero attached hydrogens (tertiary/aromatic N) is 2. The number of rotatable bonds is 5. The molecule has 1 N–H and O–H groups in total. The van der Waals surface area contributed by atoms with Gasteiger partial charge in [0.1, 0.15) is 11.4 Å². The normalized spacial score (nSPS) is 21.1. The molecule has 3 amide bonds. The Bertz CT molecular complexity index is 651. The number of carbonyl (C=O) groups is 2. The molecule has 0 saturated carbocycles. The molecule has 22 heavy (non-hydrogen) atoms. The van der Waals surface area contributed by atoms with Gasteiger partial charge in [-0.25, -0.2) is 9.18 Å². The first-order valence-corrected chi connectivity index (χ1v) is 6.35. The monoisotopic (exact) mass is 311 g/mol. The van der Waals surface area contributed by atoms with Crippen LogP contribution in [0, 0.1) is 15.9 Å². The zero-order valence-electron chi connectivity index (χ0n) is 12.0. The second kappa shape index (κ2) is 5.68. The Morgan fingerprint density at radius 3 is 2.73 bits per heavy atom. The minimum absolute atomic E-state index is 0.0621. The van der Waals surface area contributed by atoms with Crippen molar-refractivity contribution in [3.63, 3.8) is 0 Å². The smallest absolute Gasteiger partial charge is 0.325 e. The highest BCUT2D eigenvalue weighted by Gasteiger charge is 2.48. The molecule has 1 atom stereocenters. The van der Waals surface area contributed by atoms with Crippen LogP contribution < -0.4 is 5.32 Å². The number of ether oxygens (including phenoxy) is 1. The third-order valence-corrected chi connectivity index (χ3v) is 3.39. The number of nitrogens with one attached hydrogen (secondary N) is 1. The zero-order valence-corrected chi connectivity index (χ0v) is 12.0. The minimum Gasteiger partial charge on any atom is -0.382 e. The Morgan fingerprint density at radius 2 is 2.14 bits per heavy atom. The molecule has 1 aromatic carbocycles. The van der Waals surface area contributed by atoms with Gasteiger partial charge in [-0.1, -0.05) is 6.07 Å². The van der Waals surface area contributed by atoms with Crippen molar-refractivity contribution in [1.82, 2.24) is 10.2 Å². The first kappa shape index (κ1) is 15.8. The SMILES string of the molecule is COCC1(C)NC(=O)N(Cc2c(F)cccc2[N+](=O)[O-])C1=O. The van der Waals surface area contributed by atoms with E-state index in [1.807, 2.05) is 0 Å². The van der Waals surface area contributed by atoms with E-state index in [0.717, 1.165) is 17.0 Å². The van der Waals surface area contributed by atoms with Crippen LogP contribution >= 0.6 is 0 Å². The number of urea groups is 1. The molecule has 0 spiro atoms. The summed E-state index contributed by atoms with van der Waals surface area (Å²) < 4.78 is 18.7. The largest absolute Gasteiger partial charge is 0.382 e. The third kappa shape index (κ3) is 2.62. The number of nitro benzene ring substituents is 1. The Kier molecular flexibility index (Phi) is 4.09. The van der Waals surface area contributed by atoms with Crippen molar-refractivity contribution in [2.45, 2.75) is 19.0 Å². The summed E-state index contributed by atoms with van der Waals surface area (Å²) in [6.45, 7) is 0.882. The van der Waals surface area contributed by atoms with E-state index in [1.54, 1.807) is 0 Å². The molecule has 2 rings (SSSR count). The lowest BCUT2D eigenvalue weighted by Gasteiger charge is -2.20. The van der Waals surface area contributed by atoms with Crippen LogP contribution in [-0.2, 0) is 16.1 Å². The molecule has 0 aliphatic carbocycles. The Balaban J connectivity index is 2.34. The molecule has 1 unspecified atom stereocenters. The van der Waals surface area contributed by atoms with Crippen molar-refractivity contribution in [3.8, 4) is 0 Å². The number of benzene rings is 1. The summed E-state index contributed by atoms with van der Waals surface area (Å²) in [5.41, 5.74) is -2.08. The van der Waals surface area contributed by atoms with Crippen LogP contribution in [-0.4, -0.2) is 41.0 Å². The van der Waals surface area contributed by atoms with E-state index in [9.17, 15) is 24.1 Å².